The molecule has 0 spiro atoms. The van der Waals surface area contributed by atoms with E-state index < -0.39 is 0 Å². The molecule has 0 aromatic rings. The van der Waals surface area contributed by atoms with E-state index >= 15 is 0 Å². The topological polar surface area (TPSA) is 0 Å². The van der Waals surface area contributed by atoms with Crippen LogP contribution in [0, 0.1) is 0 Å². The molecule has 90 valence electrons. The Labute approximate surface area is 101 Å². The summed E-state index contributed by atoms with van der Waals surface area (Å²) in [5, 5.41) is 0. The van der Waals surface area contributed by atoms with Crippen molar-refractivity contribution in [3.63, 3.8) is 0 Å². The van der Waals surface area contributed by atoms with Gasteiger partial charge in [-0.05, 0) is 19.3 Å². The van der Waals surface area contributed by atoms with Crippen LogP contribution in [0.1, 0.15) is 52.4 Å². The lowest BCUT2D eigenvalue weighted by atomic mass is 10.2. The van der Waals surface area contributed by atoms with Crippen LogP contribution in [0.4, 0.5) is 0 Å². The second-order valence-corrected chi connectivity index (χ2v) is 3.91. The van der Waals surface area contributed by atoms with Crippen LogP contribution in [0.25, 0.3) is 0 Å². The van der Waals surface area contributed by atoms with Crippen LogP contribution >= 0.6 is 0 Å². The van der Waals surface area contributed by atoms with Crippen LogP contribution in [0.5, 0.6) is 0 Å². The summed E-state index contributed by atoms with van der Waals surface area (Å²) in [7, 11) is 0. The normalized spacial score (nSPS) is 12.9. The monoisotopic (exact) mass is 218 g/mol. The lowest BCUT2D eigenvalue weighted by Gasteiger charge is -1.89. The first-order valence-electron chi connectivity index (χ1n) is 6.56. The van der Waals surface area contributed by atoms with Gasteiger partial charge in [0.05, 0.1) is 0 Å². The molecule has 0 atom stereocenters. The average Bonchev–Trinajstić information content (AvgIpc) is 2.31. The maximum absolute atomic E-state index is 2.24. The summed E-state index contributed by atoms with van der Waals surface area (Å²) < 4.78 is 0. The van der Waals surface area contributed by atoms with Gasteiger partial charge in [-0.25, -0.2) is 0 Å². The van der Waals surface area contributed by atoms with Gasteiger partial charge in [0.2, 0.25) is 0 Å². The fourth-order valence-electron chi connectivity index (χ4n) is 1.29. The van der Waals surface area contributed by atoms with Gasteiger partial charge in [0.15, 0.2) is 0 Å². The Kier molecular flexibility index (Phi) is 13.1. The van der Waals surface area contributed by atoms with Gasteiger partial charge >= 0.3 is 0 Å². The zero-order valence-corrected chi connectivity index (χ0v) is 10.9. The highest BCUT2D eigenvalue weighted by Gasteiger charge is 1.79. The first-order chi connectivity index (χ1) is 7.91. The minimum absolute atomic E-state index is 1.17. The zero-order valence-electron chi connectivity index (χ0n) is 10.9. The zero-order chi connectivity index (χ0) is 11.9. The lowest BCUT2D eigenvalue weighted by molar-refractivity contribution is 0.729. The van der Waals surface area contributed by atoms with E-state index in [1.165, 1.54) is 38.5 Å². The van der Waals surface area contributed by atoms with Crippen LogP contribution < -0.4 is 0 Å². The molecule has 0 heterocycles. The molecular weight excluding hydrogens is 192 g/mol. The maximum atomic E-state index is 2.24. The molecule has 0 saturated carbocycles. The average molecular weight is 218 g/mol. The minimum atomic E-state index is 1.17. The summed E-state index contributed by atoms with van der Waals surface area (Å²) in [6.07, 6.45) is 24.6. The van der Waals surface area contributed by atoms with Crippen LogP contribution in [0.3, 0.4) is 0 Å². The van der Waals surface area contributed by atoms with Gasteiger partial charge in [-0.2, -0.15) is 0 Å². The molecule has 16 heavy (non-hydrogen) atoms. The van der Waals surface area contributed by atoms with Crippen LogP contribution in [0.15, 0.2) is 48.6 Å². The van der Waals surface area contributed by atoms with Crippen molar-refractivity contribution in [3.8, 4) is 0 Å². The van der Waals surface area contributed by atoms with Gasteiger partial charge in [-0.15, -0.1) is 0 Å². The highest BCUT2D eigenvalue weighted by molar-refractivity contribution is 5.15. The third-order valence-electron chi connectivity index (χ3n) is 2.26. The van der Waals surface area contributed by atoms with Gasteiger partial charge in [0.1, 0.15) is 0 Å². The maximum Gasteiger partial charge on any atom is -0.0348 e. The molecule has 0 bridgehead atoms. The van der Waals surface area contributed by atoms with Crippen molar-refractivity contribution in [2.45, 2.75) is 52.4 Å². The summed E-state index contributed by atoms with van der Waals surface area (Å²) in [5.74, 6) is 0. The van der Waals surface area contributed by atoms with Crippen molar-refractivity contribution < 1.29 is 0 Å². The Morgan fingerprint density at radius 2 is 1.12 bits per heavy atom. The van der Waals surface area contributed by atoms with Gasteiger partial charge in [-0.1, -0.05) is 81.7 Å². The highest BCUT2D eigenvalue weighted by Crippen LogP contribution is 1.99. The molecule has 0 rings (SSSR count). The molecule has 0 aliphatic carbocycles. The van der Waals surface area contributed by atoms with E-state index in [-0.39, 0.29) is 0 Å². The predicted molar refractivity (Wildman–Crippen MR) is 75.6 cm³/mol. The Morgan fingerprint density at radius 3 is 1.69 bits per heavy atom. The summed E-state index contributed by atoms with van der Waals surface area (Å²) in [6, 6.07) is 0. The van der Waals surface area contributed by atoms with E-state index in [9.17, 15) is 0 Å². The van der Waals surface area contributed by atoms with E-state index in [1.807, 2.05) is 0 Å². The van der Waals surface area contributed by atoms with Crippen molar-refractivity contribution in [2.24, 2.45) is 0 Å². The molecule has 0 amide bonds. The molecule has 0 nitrogen and oxygen atoms in total. The quantitative estimate of drug-likeness (QED) is 0.349. The van der Waals surface area contributed by atoms with Gasteiger partial charge in [0.25, 0.3) is 0 Å². The Balaban J connectivity index is 3.45. The largest absolute Gasteiger partial charge is 0.0845 e. The Hall–Kier alpha value is -1.04. The number of unbranched alkanes of at least 4 members (excludes halogenated alkanes) is 4. The molecule has 0 fully saturated rings. The summed E-state index contributed by atoms with van der Waals surface area (Å²) in [5.41, 5.74) is 0. The number of hydrogen-bond donors (Lipinski definition) is 0. The first-order valence-corrected chi connectivity index (χ1v) is 6.56. The molecule has 0 aliphatic rings. The fraction of sp³-hybridized carbons (Fsp3) is 0.500. The summed E-state index contributed by atoms with van der Waals surface area (Å²) >= 11 is 0. The van der Waals surface area contributed by atoms with E-state index in [0.29, 0.717) is 0 Å². The van der Waals surface area contributed by atoms with E-state index in [0.717, 1.165) is 0 Å². The third-order valence-corrected chi connectivity index (χ3v) is 2.26. The summed E-state index contributed by atoms with van der Waals surface area (Å²) in [4.78, 5) is 0. The molecule has 0 aromatic heterocycles. The number of hydrogen-bond acceptors (Lipinski definition) is 0. The second kappa shape index (κ2) is 14.0. The van der Waals surface area contributed by atoms with Gasteiger partial charge in [0, 0.05) is 0 Å². The van der Waals surface area contributed by atoms with Crippen molar-refractivity contribution >= 4 is 0 Å². The van der Waals surface area contributed by atoms with Gasteiger partial charge in [-0.3, -0.25) is 0 Å². The smallest absolute Gasteiger partial charge is 0.0348 e. The van der Waals surface area contributed by atoms with E-state index in [4.69, 9.17) is 0 Å². The standard InChI is InChI=1S/C16H26/c1-3-5-7-9-11-13-15-16-14-12-10-8-6-4-2/h7,9,11-16H,3-6,8,10H2,1-2H3/b9-7+,13-11+,14-12+,16-15+. The molecule has 0 heteroatoms. The predicted octanol–water partition coefficient (Wildman–Crippen LogP) is 5.59. The molecule has 0 radical (unpaired) electrons. The van der Waals surface area contributed by atoms with E-state index in [1.54, 1.807) is 0 Å². The highest BCUT2D eigenvalue weighted by atomic mass is 13.9. The van der Waals surface area contributed by atoms with E-state index in [2.05, 4.69) is 62.5 Å². The third kappa shape index (κ3) is 13.0. The van der Waals surface area contributed by atoms with Crippen LogP contribution in [-0.2, 0) is 0 Å². The molecular formula is C16H26. The van der Waals surface area contributed by atoms with Crippen LogP contribution in [0.2, 0.25) is 0 Å². The van der Waals surface area contributed by atoms with Crippen molar-refractivity contribution in [1.82, 2.24) is 0 Å². The Morgan fingerprint density at radius 1 is 0.562 bits per heavy atom. The number of allylic oxidation sites excluding steroid dienone is 8. The molecule has 0 unspecified atom stereocenters. The fourth-order valence-corrected chi connectivity index (χ4v) is 1.29. The lowest BCUT2D eigenvalue weighted by Crippen LogP contribution is -1.69. The van der Waals surface area contributed by atoms with Crippen LogP contribution in [-0.4, -0.2) is 0 Å². The molecule has 0 aliphatic heterocycles. The second-order valence-electron chi connectivity index (χ2n) is 3.91. The molecule has 0 saturated heterocycles. The SMILES string of the molecule is CCC/C=C/C=C/C=C/C=C/CCCCC. The molecule has 0 N–H and O–H groups in total. The minimum Gasteiger partial charge on any atom is -0.0845 e. The van der Waals surface area contributed by atoms with Crippen molar-refractivity contribution in [1.29, 1.82) is 0 Å². The van der Waals surface area contributed by atoms with Crippen molar-refractivity contribution in [2.75, 3.05) is 0 Å². The first kappa shape index (κ1) is 15.0. The Bertz CT molecular complexity index is 228. The molecule has 0 aromatic carbocycles. The van der Waals surface area contributed by atoms with Gasteiger partial charge < -0.3 is 0 Å². The van der Waals surface area contributed by atoms with Crippen molar-refractivity contribution in [3.05, 3.63) is 48.6 Å². The number of rotatable bonds is 9. The summed E-state index contributed by atoms with van der Waals surface area (Å²) in [6.45, 7) is 4.43.